The van der Waals surface area contributed by atoms with Gasteiger partial charge in [0.05, 0.1) is 77.2 Å². The molecule has 7 aromatic heterocycles. The maximum Gasteiger partial charge on any atom is 0.0562 e. The molecule has 7 heteroatoms. The molecule has 0 N–H and O–H groups in total. The molecule has 0 unspecified atom stereocenters. The highest BCUT2D eigenvalue weighted by atomic mass is 15.0. The molecule has 0 aliphatic heterocycles. The van der Waals surface area contributed by atoms with Gasteiger partial charge in [0.1, 0.15) is 0 Å². The second-order valence-corrected chi connectivity index (χ2v) is 34.6. The van der Waals surface area contributed by atoms with Gasteiger partial charge in [-0.2, -0.15) is 0 Å². The quantitative estimate of drug-likeness (QED) is 0.145. The highest BCUT2D eigenvalue weighted by molar-refractivity contribution is 6.29. The van der Waals surface area contributed by atoms with Crippen LogP contribution in [0.2, 0.25) is 0 Å². The van der Waals surface area contributed by atoms with Crippen molar-refractivity contribution >= 4 is 196 Å². The van der Waals surface area contributed by atoms with Gasteiger partial charge >= 0.3 is 0 Å². The van der Waals surface area contributed by atoms with E-state index in [1.807, 2.05) is 0 Å². The van der Waals surface area contributed by atoms with Gasteiger partial charge in [-0.3, -0.25) is 0 Å². The molecule has 0 bridgehead atoms. The van der Waals surface area contributed by atoms with Gasteiger partial charge in [-0.1, -0.05) is 315 Å². The zero-order chi connectivity index (χ0) is 85.9. The summed E-state index contributed by atoms with van der Waals surface area (Å²) in [5.41, 5.74) is 27.6. The summed E-state index contributed by atoms with van der Waals surface area (Å²) in [4.78, 5) is 0. The number of benzene rings is 22. The van der Waals surface area contributed by atoms with E-state index in [1.54, 1.807) is 0 Å². The summed E-state index contributed by atoms with van der Waals surface area (Å²) < 4.78 is 17.0. The third-order valence-corrected chi connectivity index (χ3v) is 27.5. The Morgan fingerprint density at radius 3 is 0.748 bits per heavy atom. The lowest BCUT2D eigenvalue weighted by atomic mass is 10.0. The van der Waals surface area contributed by atoms with E-state index >= 15 is 0 Å². The summed E-state index contributed by atoms with van der Waals surface area (Å²) in [5.74, 6) is 0. The number of hydrogen-bond acceptors (Lipinski definition) is 0. The average Bonchev–Trinajstić information content (AvgIpc) is 1.55. The number of hydrogen-bond donors (Lipinski definition) is 0. The van der Waals surface area contributed by atoms with Crippen LogP contribution in [0, 0.1) is 0 Å². The number of nitrogens with zero attached hydrogens (tertiary/aromatic N) is 7. The van der Waals surface area contributed by atoms with E-state index in [-0.39, 0.29) is 0 Å². The van der Waals surface area contributed by atoms with Gasteiger partial charge in [0, 0.05) is 115 Å². The minimum Gasteiger partial charge on any atom is -0.309 e. The van der Waals surface area contributed by atoms with Crippen molar-refractivity contribution in [1.82, 2.24) is 32.0 Å². The lowest BCUT2D eigenvalue weighted by Crippen LogP contribution is -1.97. The predicted molar refractivity (Wildman–Crippen MR) is 555 cm³/mol. The topological polar surface area (TPSA) is 34.5 Å². The molecule has 7 nitrogen and oxygen atoms in total. The SMILES string of the molecule is c1ccc(-c2cccc(-n3c4ccccc4c4cc5c6c7ccccc7ccc6n(-c6ccccc6)c5cc43)c2)cc1.c1ccc(-n2c3cc4c(cc3c3c5ccccc5ccc32)c2ccccc2n4-c2ccc3ccccc3c2)cc1.c1ccc(-n2c3ccccc3c3ccc(-n4c5ccccc5c5cc6c7c8ccccc8ccc7n(-c7ccccc7)c6cc54)cc32)cc1. The van der Waals surface area contributed by atoms with Crippen molar-refractivity contribution in [3.8, 4) is 50.9 Å². The number of rotatable bonds is 8. The molecule has 0 amide bonds. The van der Waals surface area contributed by atoms with E-state index in [1.165, 1.54) is 224 Å². The summed E-state index contributed by atoms with van der Waals surface area (Å²) >= 11 is 0. The van der Waals surface area contributed by atoms with Crippen LogP contribution in [0.1, 0.15) is 0 Å². The van der Waals surface area contributed by atoms with Crippen molar-refractivity contribution in [3.63, 3.8) is 0 Å². The van der Waals surface area contributed by atoms with Crippen molar-refractivity contribution < 1.29 is 0 Å². The second-order valence-electron chi connectivity index (χ2n) is 34.6. The molecule has 29 aromatic rings. The van der Waals surface area contributed by atoms with Crippen LogP contribution >= 0.6 is 0 Å². The zero-order valence-electron chi connectivity index (χ0n) is 71.2. The highest BCUT2D eigenvalue weighted by Crippen LogP contribution is 2.48. The summed E-state index contributed by atoms with van der Waals surface area (Å²) in [5, 5.41) is 28.0. The standard InChI is InChI=1S/C46H29N3.C40H26N2.C38H24N2/c1-3-14-31(15-4-1)47-40-21-11-9-19-35(40)37-25-24-33(27-43(37)47)49-41-22-12-10-20-36(41)38-28-39-45(29-44(38)49)48(32-16-5-2-6-17-32)42-26-23-30-13-7-8-18-34(30)46(39)42;1-3-12-27(13-4-1)29-15-11-18-31(24-29)42-36-21-10-9-20-33(36)34-25-35-39(26-38(34)42)41(30-16-5-2-6-17-30)37-23-22-28-14-7-8-19-32(28)40(35)37;1-2-13-28(14-3-1)39-35-21-19-26-11-6-7-15-30(26)38(35)33-23-32-31-16-8-9-17-34(31)40(36(32)24-37(33)39)29-20-18-25-10-4-5-12-27(25)22-29/h1-29H;1-26H;1-24H. The minimum atomic E-state index is 1.14. The first-order valence-corrected chi connectivity index (χ1v) is 45.1. The van der Waals surface area contributed by atoms with Crippen LogP contribution in [-0.2, 0) is 0 Å². The Balaban J connectivity index is 0.000000101. The first-order valence-electron chi connectivity index (χ1n) is 45.1. The van der Waals surface area contributed by atoms with Crippen molar-refractivity contribution in [1.29, 1.82) is 0 Å². The third-order valence-electron chi connectivity index (χ3n) is 27.5. The van der Waals surface area contributed by atoms with E-state index in [2.05, 4.69) is 511 Å². The van der Waals surface area contributed by atoms with Gasteiger partial charge in [0.15, 0.2) is 0 Å². The monoisotopic (exact) mass is 1670 g/mol. The first-order chi connectivity index (χ1) is 65.0. The fourth-order valence-corrected chi connectivity index (χ4v) is 21.9. The lowest BCUT2D eigenvalue weighted by molar-refractivity contribution is 1.15. The summed E-state index contributed by atoms with van der Waals surface area (Å²) in [6.45, 7) is 0. The normalized spacial score (nSPS) is 12.0. The highest BCUT2D eigenvalue weighted by Gasteiger charge is 2.26. The fraction of sp³-hybridized carbons (Fsp3) is 0. The fourth-order valence-electron chi connectivity index (χ4n) is 21.9. The maximum absolute atomic E-state index is 2.46. The Bertz CT molecular complexity index is 9720. The van der Waals surface area contributed by atoms with Gasteiger partial charge in [0.25, 0.3) is 0 Å². The molecule has 0 spiro atoms. The summed E-state index contributed by atoms with van der Waals surface area (Å²) in [6.07, 6.45) is 0. The molecule has 0 aliphatic rings. The van der Waals surface area contributed by atoms with Crippen LogP contribution in [0.25, 0.3) is 247 Å². The van der Waals surface area contributed by atoms with E-state index in [4.69, 9.17) is 0 Å². The van der Waals surface area contributed by atoms with Crippen LogP contribution in [0.15, 0.2) is 479 Å². The molecule has 0 radical (unpaired) electrons. The molecule has 22 aromatic carbocycles. The number of aromatic nitrogens is 7. The van der Waals surface area contributed by atoms with Crippen LogP contribution in [0.4, 0.5) is 0 Å². The lowest BCUT2D eigenvalue weighted by Gasteiger charge is -2.12. The second kappa shape index (κ2) is 29.6. The first kappa shape index (κ1) is 73.8. The summed E-state index contributed by atoms with van der Waals surface area (Å²) in [6, 6.07) is 174. The van der Waals surface area contributed by atoms with Gasteiger partial charge in [0.2, 0.25) is 0 Å². The van der Waals surface area contributed by atoms with Crippen molar-refractivity contribution in [2.45, 2.75) is 0 Å². The van der Waals surface area contributed by atoms with E-state index in [0.717, 1.165) is 22.7 Å². The molecular formula is C124H79N7. The van der Waals surface area contributed by atoms with Gasteiger partial charge in [-0.15, -0.1) is 0 Å². The Kier molecular flexibility index (Phi) is 16.6. The van der Waals surface area contributed by atoms with Gasteiger partial charge in [-0.05, 0) is 218 Å². The van der Waals surface area contributed by atoms with Crippen molar-refractivity contribution in [2.75, 3.05) is 0 Å². The molecule has 0 saturated carbocycles. The molecular weight excluding hydrogens is 1590 g/mol. The van der Waals surface area contributed by atoms with E-state index in [0.29, 0.717) is 0 Å². The molecule has 7 heterocycles. The molecule has 131 heavy (non-hydrogen) atoms. The summed E-state index contributed by atoms with van der Waals surface area (Å²) in [7, 11) is 0. The van der Waals surface area contributed by atoms with Crippen LogP contribution in [0.3, 0.4) is 0 Å². The average molecular weight is 1670 g/mol. The van der Waals surface area contributed by atoms with Crippen LogP contribution in [-0.4, -0.2) is 32.0 Å². The van der Waals surface area contributed by atoms with Gasteiger partial charge in [-0.25, -0.2) is 0 Å². The largest absolute Gasteiger partial charge is 0.309 e. The van der Waals surface area contributed by atoms with Crippen molar-refractivity contribution in [2.24, 2.45) is 0 Å². The Hall–Kier alpha value is -17.5. The Morgan fingerprint density at radius 2 is 0.351 bits per heavy atom. The molecule has 0 fully saturated rings. The van der Waals surface area contributed by atoms with Crippen LogP contribution in [0.5, 0.6) is 0 Å². The van der Waals surface area contributed by atoms with Crippen molar-refractivity contribution in [3.05, 3.63) is 479 Å². The van der Waals surface area contributed by atoms with Crippen LogP contribution < -0.4 is 0 Å². The van der Waals surface area contributed by atoms with Gasteiger partial charge < -0.3 is 32.0 Å². The molecule has 0 atom stereocenters. The van der Waals surface area contributed by atoms with E-state index in [9.17, 15) is 0 Å². The Morgan fingerprint density at radius 1 is 0.0992 bits per heavy atom. The molecule has 610 valence electrons. The predicted octanol–water partition coefficient (Wildman–Crippen LogP) is 33.0. The number of fused-ring (bicyclic) bond motifs is 28. The molecule has 0 aliphatic carbocycles. The third kappa shape index (κ3) is 11.5. The molecule has 29 rings (SSSR count). The van der Waals surface area contributed by atoms with E-state index < -0.39 is 0 Å². The Labute approximate surface area is 752 Å². The molecule has 0 saturated heterocycles. The minimum absolute atomic E-state index is 1.14. The smallest absolute Gasteiger partial charge is 0.0562 e. The number of para-hydroxylation sites is 8. The zero-order valence-corrected chi connectivity index (χ0v) is 71.2. The maximum atomic E-state index is 2.46.